The first-order chi connectivity index (χ1) is 15.5. The third kappa shape index (κ3) is 4.14. The van der Waals surface area contributed by atoms with E-state index in [-0.39, 0.29) is 17.0 Å². The SMILES string of the molecule is [N-]=[N+]=N[C@@H]1[C@H](O[P+](=O)O)[C@@H](CO)O[C@H]1n1cnc2c(NC(=O)c3ccccc3)ncnc21. The molecule has 3 aromatic rings. The van der Waals surface area contributed by atoms with Crippen LogP contribution in [-0.2, 0) is 13.8 Å². The van der Waals surface area contributed by atoms with Crippen LogP contribution in [0.1, 0.15) is 16.6 Å². The number of nitrogens with zero attached hydrogens (tertiary/aromatic N) is 7. The summed E-state index contributed by atoms with van der Waals surface area (Å²) in [6.07, 6.45) is -0.747. The number of hydrogen-bond donors (Lipinski definition) is 3. The molecular formula is C17H16N8O6P+. The average molecular weight is 459 g/mol. The maximum Gasteiger partial charge on any atom is 0.695 e. The molecule has 3 heterocycles. The fraction of sp³-hybridized carbons (Fsp3) is 0.294. The van der Waals surface area contributed by atoms with Crippen molar-refractivity contribution in [3.63, 3.8) is 0 Å². The van der Waals surface area contributed by atoms with Crippen LogP contribution in [0.4, 0.5) is 5.82 Å². The van der Waals surface area contributed by atoms with E-state index in [9.17, 15) is 14.5 Å². The molecule has 32 heavy (non-hydrogen) atoms. The Bertz CT molecular complexity index is 1200. The standard InChI is InChI=1S/C17H15N8O6P/c18-24-23-11-13(31-32(28)29)10(6-26)30-17(11)25-8-21-12-14(19-7-20-15(12)25)22-16(27)9-4-2-1-3-5-9/h1-5,7-8,10-11,13,17,26H,6H2,(H-,19,20,22,27,28,29)/p+1/t10-,11-,13-,17-/m1/s1. The normalized spacial score (nSPS) is 23.0. The predicted molar refractivity (Wildman–Crippen MR) is 108 cm³/mol. The Morgan fingerprint density at radius 1 is 1.34 bits per heavy atom. The number of aliphatic hydroxyl groups is 1. The second-order valence-corrected chi connectivity index (χ2v) is 7.30. The van der Waals surface area contributed by atoms with Crippen LogP contribution in [0.2, 0.25) is 0 Å². The molecule has 1 saturated heterocycles. The molecular weight excluding hydrogens is 443 g/mol. The number of hydrogen-bond acceptors (Lipinski definition) is 9. The molecule has 5 atom stereocenters. The average Bonchev–Trinajstić information content (AvgIpc) is 3.36. The number of azide groups is 1. The molecule has 1 amide bonds. The van der Waals surface area contributed by atoms with Crippen molar-refractivity contribution in [3.05, 3.63) is 59.0 Å². The largest absolute Gasteiger partial charge is 0.695 e. The summed E-state index contributed by atoms with van der Waals surface area (Å²) >= 11 is 0. The van der Waals surface area contributed by atoms with Crippen molar-refractivity contribution in [3.8, 4) is 0 Å². The number of amides is 1. The maximum atomic E-state index is 12.5. The number of carbonyl (C=O) groups excluding carboxylic acids is 1. The Morgan fingerprint density at radius 3 is 2.81 bits per heavy atom. The first kappa shape index (κ1) is 21.7. The molecule has 0 aliphatic carbocycles. The van der Waals surface area contributed by atoms with E-state index in [1.54, 1.807) is 30.3 Å². The quantitative estimate of drug-likeness (QED) is 0.204. The van der Waals surface area contributed by atoms with E-state index >= 15 is 0 Å². The second-order valence-electron chi connectivity index (χ2n) is 6.62. The summed E-state index contributed by atoms with van der Waals surface area (Å²) in [5.74, 6) is -0.254. The molecule has 1 aliphatic rings. The van der Waals surface area contributed by atoms with Crippen molar-refractivity contribution < 1.29 is 28.6 Å². The van der Waals surface area contributed by atoms with E-state index in [2.05, 4.69) is 30.3 Å². The number of imidazole rings is 1. The predicted octanol–water partition coefficient (Wildman–Crippen LogP) is 1.68. The van der Waals surface area contributed by atoms with Gasteiger partial charge in [0.05, 0.1) is 12.9 Å². The summed E-state index contributed by atoms with van der Waals surface area (Å²) in [5.41, 5.74) is 9.86. The van der Waals surface area contributed by atoms with Crippen LogP contribution in [-0.4, -0.2) is 60.3 Å². The highest BCUT2D eigenvalue weighted by Gasteiger charge is 2.50. The van der Waals surface area contributed by atoms with Crippen LogP contribution in [0.25, 0.3) is 21.6 Å². The Morgan fingerprint density at radius 2 is 2.12 bits per heavy atom. The third-order valence-electron chi connectivity index (χ3n) is 4.79. The monoisotopic (exact) mass is 459 g/mol. The molecule has 1 fully saturated rings. The Hall–Kier alpha value is -3.51. The first-order valence-electron chi connectivity index (χ1n) is 9.21. The maximum absolute atomic E-state index is 12.5. The van der Waals surface area contributed by atoms with Gasteiger partial charge in [0, 0.05) is 15.0 Å². The van der Waals surface area contributed by atoms with Crippen LogP contribution in [0.5, 0.6) is 0 Å². The fourth-order valence-corrected chi connectivity index (χ4v) is 3.88. The summed E-state index contributed by atoms with van der Waals surface area (Å²) < 4.78 is 23.3. The van der Waals surface area contributed by atoms with E-state index in [0.717, 1.165) is 0 Å². The highest BCUT2D eigenvalue weighted by atomic mass is 31.1. The Kier molecular flexibility index (Phi) is 6.32. The molecule has 3 N–H and O–H groups in total. The molecule has 15 heteroatoms. The van der Waals surface area contributed by atoms with Gasteiger partial charge in [0.2, 0.25) is 0 Å². The number of rotatable bonds is 7. The highest BCUT2D eigenvalue weighted by molar-refractivity contribution is 7.32. The number of ether oxygens (including phenoxy) is 1. The zero-order chi connectivity index (χ0) is 22.7. The van der Waals surface area contributed by atoms with Gasteiger partial charge in [-0.2, -0.15) is 0 Å². The van der Waals surface area contributed by atoms with Crippen LogP contribution in [0.15, 0.2) is 48.1 Å². The van der Waals surface area contributed by atoms with Crippen molar-refractivity contribution in [2.24, 2.45) is 5.11 Å². The summed E-state index contributed by atoms with van der Waals surface area (Å²) in [7, 11) is -3.05. The second kappa shape index (κ2) is 9.32. The molecule has 2 aromatic heterocycles. The first-order valence-corrected chi connectivity index (χ1v) is 10.3. The number of benzene rings is 1. The van der Waals surface area contributed by atoms with Crippen molar-refractivity contribution in [1.29, 1.82) is 0 Å². The fourth-order valence-electron chi connectivity index (χ4n) is 3.41. The number of nitrogens with one attached hydrogen (secondary N) is 1. The van der Waals surface area contributed by atoms with Crippen LogP contribution >= 0.6 is 8.25 Å². The van der Waals surface area contributed by atoms with Crippen molar-refractivity contribution in [1.82, 2.24) is 19.5 Å². The van der Waals surface area contributed by atoms with Crippen LogP contribution in [0, 0.1) is 0 Å². The van der Waals surface area contributed by atoms with Crippen molar-refractivity contribution in [2.45, 2.75) is 24.5 Å². The van der Waals surface area contributed by atoms with Gasteiger partial charge in [0.15, 0.2) is 23.1 Å². The van der Waals surface area contributed by atoms with E-state index in [0.29, 0.717) is 5.56 Å². The molecule has 1 unspecified atom stereocenters. The van der Waals surface area contributed by atoms with Crippen molar-refractivity contribution in [2.75, 3.05) is 11.9 Å². The van der Waals surface area contributed by atoms with E-state index in [4.69, 9.17) is 19.7 Å². The highest BCUT2D eigenvalue weighted by Crippen LogP contribution is 2.39. The number of aliphatic hydroxyl groups excluding tert-OH is 1. The van der Waals surface area contributed by atoms with Crippen LogP contribution in [0.3, 0.4) is 0 Å². The minimum Gasteiger partial charge on any atom is -0.394 e. The van der Waals surface area contributed by atoms with Gasteiger partial charge in [-0.1, -0.05) is 23.3 Å². The minimum atomic E-state index is -3.05. The molecule has 1 aliphatic heterocycles. The summed E-state index contributed by atoms with van der Waals surface area (Å²) in [4.78, 5) is 36.9. The van der Waals surface area contributed by atoms with Gasteiger partial charge in [-0.3, -0.25) is 9.36 Å². The van der Waals surface area contributed by atoms with E-state index < -0.39 is 45.2 Å². The molecule has 164 valence electrons. The molecule has 14 nitrogen and oxygen atoms in total. The number of aromatic nitrogens is 4. The van der Waals surface area contributed by atoms with E-state index in [1.807, 2.05) is 0 Å². The molecule has 0 radical (unpaired) electrons. The van der Waals surface area contributed by atoms with Gasteiger partial charge in [-0.15, -0.1) is 9.42 Å². The summed E-state index contributed by atoms with van der Waals surface area (Å²) in [6.45, 7) is -0.554. The Labute approximate surface area is 180 Å². The lowest BCUT2D eigenvalue weighted by Gasteiger charge is -2.17. The number of fused-ring (bicyclic) bond motifs is 1. The lowest BCUT2D eigenvalue weighted by atomic mass is 10.1. The van der Waals surface area contributed by atoms with Crippen LogP contribution < -0.4 is 5.32 Å². The number of anilines is 1. The Balaban J connectivity index is 1.69. The van der Waals surface area contributed by atoms with Crippen molar-refractivity contribution >= 4 is 31.1 Å². The van der Waals surface area contributed by atoms with Gasteiger partial charge >= 0.3 is 8.25 Å². The van der Waals surface area contributed by atoms with Gasteiger partial charge in [-0.25, -0.2) is 15.0 Å². The smallest absolute Gasteiger partial charge is 0.394 e. The molecule has 4 rings (SSSR count). The number of carbonyl (C=O) groups is 1. The van der Waals surface area contributed by atoms with Gasteiger partial charge in [0.25, 0.3) is 5.91 Å². The summed E-state index contributed by atoms with van der Waals surface area (Å²) in [5, 5.41) is 15.9. The zero-order valence-electron chi connectivity index (χ0n) is 16.2. The topological polar surface area (TPSA) is 197 Å². The summed E-state index contributed by atoms with van der Waals surface area (Å²) in [6, 6.07) is 7.41. The lowest BCUT2D eigenvalue weighted by molar-refractivity contribution is -0.0402. The van der Waals surface area contributed by atoms with Gasteiger partial charge in [0.1, 0.15) is 24.7 Å². The zero-order valence-corrected chi connectivity index (χ0v) is 17.1. The molecule has 0 saturated carbocycles. The van der Waals surface area contributed by atoms with Gasteiger partial charge in [-0.05, 0) is 17.7 Å². The molecule has 0 bridgehead atoms. The third-order valence-corrected chi connectivity index (χ3v) is 5.21. The minimum absolute atomic E-state index is 0.144. The van der Waals surface area contributed by atoms with E-state index in [1.165, 1.54) is 17.2 Å². The van der Waals surface area contributed by atoms with Gasteiger partial charge < -0.3 is 15.2 Å². The lowest BCUT2D eigenvalue weighted by Crippen LogP contribution is -2.33. The molecule has 0 spiro atoms. The molecule has 1 aromatic carbocycles.